The Morgan fingerprint density at radius 1 is 1.17 bits per heavy atom. The summed E-state index contributed by atoms with van der Waals surface area (Å²) in [4.78, 5) is 10.5. The van der Waals surface area contributed by atoms with Gasteiger partial charge in [0.15, 0.2) is 0 Å². The Labute approximate surface area is 178 Å². The maximum atomic E-state index is 12.8. The highest BCUT2D eigenvalue weighted by molar-refractivity contribution is 8.54. The quantitative estimate of drug-likeness (QED) is 0.454. The zero-order chi connectivity index (χ0) is 21.8. The third-order valence-electron chi connectivity index (χ3n) is 4.99. The first kappa shape index (κ1) is 25.6. The van der Waals surface area contributed by atoms with Crippen LogP contribution in [0, 0.1) is 0 Å². The van der Waals surface area contributed by atoms with Crippen molar-refractivity contribution in [1.82, 2.24) is 0 Å². The van der Waals surface area contributed by atoms with Crippen LogP contribution in [-0.4, -0.2) is 77.3 Å². The summed E-state index contributed by atoms with van der Waals surface area (Å²) in [7, 11) is 0. The Morgan fingerprint density at radius 2 is 1.86 bits per heavy atom. The van der Waals surface area contributed by atoms with Gasteiger partial charge in [0.25, 0.3) is 0 Å². The van der Waals surface area contributed by atoms with Crippen molar-refractivity contribution in [3.8, 4) is 0 Å². The van der Waals surface area contributed by atoms with Crippen molar-refractivity contribution < 1.29 is 38.0 Å². The van der Waals surface area contributed by atoms with Gasteiger partial charge in [0.1, 0.15) is 11.7 Å². The zero-order valence-corrected chi connectivity index (χ0v) is 20.0. The molecule has 2 rings (SSSR count). The van der Waals surface area contributed by atoms with Gasteiger partial charge in [0.05, 0.1) is 49.8 Å². The summed E-state index contributed by atoms with van der Waals surface area (Å²) in [5.41, 5.74) is -1.15. The summed E-state index contributed by atoms with van der Waals surface area (Å²) in [5, 5.41) is 9.97. The molecule has 2 N–H and O–H groups in total. The van der Waals surface area contributed by atoms with Crippen LogP contribution >= 0.6 is 18.2 Å². The van der Waals surface area contributed by atoms with Crippen LogP contribution in [0.25, 0.3) is 0 Å². The van der Waals surface area contributed by atoms with Gasteiger partial charge in [0.2, 0.25) is 0 Å². The third-order valence-corrected chi connectivity index (χ3v) is 8.00. The van der Waals surface area contributed by atoms with E-state index in [9.17, 15) is 14.6 Å². The molecule has 2 fully saturated rings. The first-order chi connectivity index (χ1) is 13.5. The molecule has 0 saturated carbocycles. The van der Waals surface area contributed by atoms with Gasteiger partial charge in [-0.15, -0.1) is 0 Å². The molecule has 0 aromatic heterocycles. The highest BCUT2D eigenvalue weighted by atomic mass is 32.7. The molecule has 2 aliphatic heterocycles. The van der Waals surface area contributed by atoms with Crippen molar-refractivity contribution in [3.63, 3.8) is 0 Å². The summed E-state index contributed by atoms with van der Waals surface area (Å²) < 4.78 is 41.7. The molecular weight excluding hydrogens is 419 g/mol. The van der Waals surface area contributed by atoms with E-state index >= 15 is 0 Å². The van der Waals surface area contributed by atoms with Crippen LogP contribution in [0.3, 0.4) is 0 Å². The summed E-state index contributed by atoms with van der Waals surface area (Å²) in [6.07, 6.45) is -0.128. The van der Waals surface area contributed by atoms with E-state index in [-0.39, 0.29) is 55.6 Å². The minimum Gasteiger partial charge on any atom is -0.393 e. The lowest BCUT2D eigenvalue weighted by Gasteiger charge is -2.33. The highest BCUT2D eigenvalue weighted by Crippen LogP contribution is 2.59. The number of aliphatic hydroxyl groups excluding tert-OH is 1. The number of hydrogen-bond acceptors (Lipinski definition) is 8. The first-order valence-corrected chi connectivity index (χ1v) is 13.5. The summed E-state index contributed by atoms with van der Waals surface area (Å²) >= 11 is 0.838. The van der Waals surface area contributed by atoms with Gasteiger partial charge in [-0.1, -0.05) is 0 Å². The van der Waals surface area contributed by atoms with E-state index in [4.69, 9.17) is 23.5 Å². The normalized spacial score (nSPS) is 37.5. The second-order valence-corrected chi connectivity index (χ2v) is 12.4. The summed E-state index contributed by atoms with van der Waals surface area (Å²) in [5.74, 6) is 0.285. The Kier molecular flexibility index (Phi) is 9.47. The highest BCUT2D eigenvalue weighted by Gasteiger charge is 2.51. The molecule has 0 aromatic carbocycles. The molecule has 172 valence electrons. The van der Waals surface area contributed by atoms with E-state index in [1.165, 1.54) is 0 Å². The number of hydrogen-bond donors (Lipinski definition) is 2. The van der Waals surface area contributed by atoms with Crippen molar-refractivity contribution >= 4 is 18.2 Å². The van der Waals surface area contributed by atoms with Gasteiger partial charge >= 0.3 is 6.80 Å². The van der Waals surface area contributed by atoms with Gasteiger partial charge in [-0.05, 0) is 52.9 Å². The molecule has 8 nitrogen and oxygen atoms in total. The molecule has 2 aliphatic rings. The van der Waals surface area contributed by atoms with Gasteiger partial charge in [-0.2, -0.15) is 0 Å². The Bertz CT molecular complexity index is 562. The SMILES string of the molecule is CC(C)OC[C@@]1(CO)O[C@@H](C)C[C@H]1OP(=O)(O)SC[C@H]1O[C@@H](C)CC1OC(C)C. The summed E-state index contributed by atoms with van der Waals surface area (Å²) in [6, 6.07) is 0. The van der Waals surface area contributed by atoms with Gasteiger partial charge in [-0.3, -0.25) is 4.52 Å². The molecule has 2 saturated heterocycles. The molecule has 0 amide bonds. The van der Waals surface area contributed by atoms with Crippen molar-refractivity contribution in [1.29, 1.82) is 0 Å². The van der Waals surface area contributed by atoms with Crippen LogP contribution < -0.4 is 0 Å². The average molecular weight is 457 g/mol. The maximum Gasteiger partial charge on any atom is 0.387 e. The van der Waals surface area contributed by atoms with E-state index in [0.29, 0.717) is 6.42 Å². The Balaban J connectivity index is 1.98. The second-order valence-electron chi connectivity index (χ2n) is 8.55. The predicted octanol–water partition coefficient (Wildman–Crippen LogP) is 3.14. The fraction of sp³-hybridized carbons (Fsp3) is 1.00. The second kappa shape index (κ2) is 10.7. The monoisotopic (exact) mass is 456 g/mol. The molecule has 2 heterocycles. The van der Waals surface area contributed by atoms with Gasteiger partial charge in [-0.25, -0.2) is 4.57 Å². The standard InChI is InChI=1S/C19H37O8PS/c1-12(2)23-11-19(10-20)18(8-15(6)26-19)27-28(21,22)29-9-17-16(24-13(3)4)7-14(5)25-17/h12-18,20H,7-11H2,1-6H3,(H,21,22)/t14-,15-,16?,17+,18+,19+/m0/s1. The molecule has 10 heteroatoms. The molecule has 0 bridgehead atoms. The maximum absolute atomic E-state index is 12.8. The van der Waals surface area contributed by atoms with Crippen LogP contribution in [0.2, 0.25) is 0 Å². The van der Waals surface area contributed by atoms with Crippen LogP contribution in [0.4, 0.5) is 0 Å². The van der Waals surface area contributed by atoms with Crippen molar-refractivity contribution in [2.24, 2.45) is 0 Å². The van der Waals surface area contributed by atoms with Crippen molar-refractivity contribution in [3.05, 3.63) is 0 Å². The third kappa shape index (κ3) is 7.44. The number of aliphatic hydroxyl groups is 1. The smallest absolute Gasteiger partial charge is 0.387 e. The molecule has 2 unspecified atom stereocenters. The molecule has 0 radical (unpaired) electrons. The van der Waals surface area contributed by atoms with E-state index in [1.807, 2.05) is 41.5 Å². The minimum atomic E-state index is -4.01. The molecule has 0 aromatic rings. The average Bonchev–Trinajstić information content (AvgIpc) is 3.09. The minimum absolute atomic E-state index is 0.0441. The molecular formula is C19H37O8PS. The molecule has 0 spiro atoms. The van der Waals surface area contributed by atoms with Crippen LogP contribution in [0.5, 0.6) is 0 Å². The lowest BCUT2D eigenvalue weighted by molar-refractivity contribution is -0.148. The van der Waals surface area contributed by atoms with Crippen LogP contribution in [0.15, 0.2) is 0 Å². The Hall–Kier alpha value is 0.300. The van der Waals surface area contributed by atoms with Gasteiger partial charge in [0, 0.05) is 18.6 Å². The topological polar surface area (TPSA) is 104 Å². The van der Waals surface area contributed by atoms with Gasteiger partial charge < -0.3 is 28.9 Å². The molecule has 0 aliphatic carbocycles. The fourth-order valence-corrected chi connectivity index (χ4v) is 6.51. The number of rotatable bonds is 11. The largest absolute Gasteiger partial charge is 0.393 e. The lowest BCUT2D eigenvalue weighted by Crippen LogP contribution is -2.48. The van der Waals surface area contributed by atoms with E-state index in [0.717, 1.165) is 17.8 Å². The first-order valence-electron chi connectivity index (χ1n) is 10.3. The Morgan fingerprint density at radius 3 is 2.45 bits per heavy atom. The fourth-order valence-electron chi connectivity index (χ4n) is 3.72. The zero-order valence-electron chi connectivity index (χ0n) is 18.3. The molecule has 29 heavy (non-hydrogen) atoms. The summed E-state index contributed by atoms with van der Waals surface area (Å²) in [6.45, 7) is 7.23. The van der Waals surface area contributed by atoms with E-state index < -0.39 is 18.5 Å². The van der Waals surface area contributed by atoms with E-state index in [1.54, 1.807) is 0 Å². The number of ether oxygens (including phenoxy) is 4. The van der Waals surface area contributed by atoms with E-state index in [2.05, 4.69) is 0 Å². The molecule has 7 atom stereocenters. The van der Waals surface area contributed by atoms with Crippen molar-refractivity contribution in [2.75, 3.05) is 19.0 Å². The van der Waals surface area contributed by atoms with Crippen molar-refractivity contribution in [2.45, 2.75) is 103 Å². The predicted molar refractivity (Wildman–Crippen MR) is 112 cm³/mol. The van der Waals surface area contributed by atoms with Crippen LogP contribution in [-0.2, 0) is 28.0 Å². The lowest BCUT2D eigenvalue weighted by atomic mass is 9.98. The van der Waals surface area contributed by atoms with Crippen LogP contribution in [0.1, 0.15) is 54.4 Å².